The van der Waals surface area contributed by atoms with Crippen molar-refractivity contribution in [3.8, 4) is 0 Å². The number of aryl methyl sites for hydroxylation is 1. The van der Waals surface area contributed by atoms with Crippen molar-refractivity contribution in [2.45, 2.75) is 19.9 Å². The zero-order valence-corrected chi connectivity index (χ0v) is 9.63. The summed E-state index contributed by atoms with van der Waals surface area (Å²) >= 11 is 1.71. The Morgan fingerprint density at radius 3 is 3.07 bits per heavy atom. The van der Waals surface area contributed by atoms with Crippen molar-refractivity contribution in [2.75, 3.05) is 6.54 Å². The SMILES string of the molecule is Cc1csc(Cn2ccc(CCN)c2)n1. The Hall–Kier alpha value is -1.13. The summed E-state index contributed by atoms with van der Waals surface area (Å²) in [4.78, 5) is 4.43. The van der Waals surface area contributed by atoms with Crippen LogP contribution in [0.2, 0.25) is 0 Å². The second kappa shape index (κ2) is 4.59. The van der Waals surface area contributed by atoms with Gasteiger partial charge in [0.25, 0.3) is 0 Å². The van der Waals surface area contributed by atoms with Crippen LogP contribution in [-0.2, 0) is 13.0 Å². The average Bonchev–Trinajstić information content (AvgIpc) is 2.78. The Morgan fingerprint density at radius 1 is 1.53 bits per heavy atom. The van der Waals surface area contributed by atoms with Crippen LogP contribution in [-0.4, -0.2) is 16.1 Å². The number of rotatable bonds is 4. The minimum absolute atomic E-state index is 0.709. The zero-order chi connectivity index (χ0) is 10.7. The molecular formula is C11H15N3S. The van der Waals surface area contributed by atoms with Gasteiger partial charge in [-0.2, -0.15) is 0 Å². The third-order valence-corrected chi connectivity index (χ3v) is 3.18. The molecule has 0 aliphatic rings. The van der Waals surface area contributed by atoms with Crippen molar-refractivity contribution >= 4 is 11.3 Å². The Bertz CT molecular complexity index is 430. The maximum atomic E-state index is 5.51. The molecule has 2 N–H and O–H groups in total. The molecule has 2 aromatic rings. The molecule has 0 radical (unpaired) electrons. The molecule has 2 rings (SSSR count). The molecule has 80 valence electrons. The van der Waals surface area contributed by atoms with E-state index in [9.17, 15) is 0 Å². The van der Waals surface area contributed by atoms with Gasteiger partial charge in [0.2, 0.25) is 0 Å². The summed E-state index contributed by atoms with van der Waals surface area (Å²) in [5.41, 5.74) is 7.90. The fraction of sp³-hybridized carbons (Fsp3) is 0.364. The highest BCUT2D eigenvalue weighted by Gasteiger charge is 2.00. The number of nitrogens with two attached hydrogens (primary N) is 1. The fourth-order valence-electron chi connectivity index (χ4n) is 1.53. The first-order valence-electron chi connectivity index (χ1n) is 5.03. The smallest absolute Gasteiger partial charge is 0.113 e. The van der Waals surface area contributed by atoms with Crippen LogP contribution in [0.15, 0.2) is 23.8 Å². The predicted molar refractivity (Wildman–Crippen MR) is 63.1 cm³/mol. The molecule has 0 amide bonds. The second-order valence-corrected chi connectivity index (χ2v) is 4.56. The monoisotopic (exact) mass is 221 g/mol. The van der Waals surface area contributed by atoms with Crippen LogP contribution in [0.3, 0.4) is 0 Å². The summed E-state index contributed by atoms with van der Waals surface area (Å²) in [6, 6.07) is 2.12. The lowest BCUT2D eigenvalue weighted by molar-refractivity contribution is 0.791. The van der Waals surface area contributed by atoms with Gasteiger partial charge in [-0.15, -0.1) is 11.3 Å². The molecule has 3 nitrogen and oxygen atoms in total. The highest BCUT2D eigenvalue weighted by molar-refractivity contribution is 7.09. The van der Waals surface area contributed by atoms with Crippen LogP contribution in [0, 0.1) is 6.92 Å². The molecule has 0 spiro atoms. The Balaban J connectivity index is 2.04. The molecule has 2 heterocycles. The van der Waals surface area contributed by atoms with Gasteiger partial charge in [0.15, 0.2) is 0 Å². The Kier molecular flexibility index (Phi) is 3.18. The van der Waals surface area contributed by atoms with Gasteiger partial charge < -0.3 is 10.3 Å². The van der Waals surface area contributed by atoms with E-state index in [4.69, 9.17) is 5.73 Å². The number of nitrogens with zero attached hydrogens (tertiary/aromatic N) is 2. The minimum Gasteiger partial charge on any atom is -0.347 e. The van der Waals surface area contributed by atoms with Gasteiger partial charge in [-0.3, -0.25) is 0 Å². The quantitative estimate of drug-likeness (QED) is 0.855. The zero-order valence-electron chi connectivity index (χ0n) is 8.81. The molecule has 0 saturated carbocycles. The molecule has 2 aromatic heterocycles. The first-order valence-corrected chi connectivity index (χ1v) is 5.91. The van der Waals surface area contributed by atoms with Gasteiger partial charge in [-0.25, -0.2) is 4.98 Å². The van der Waals surface area contributed by atoms with Gasteiger partial charge in [0, 0.05) is 23.5 Å². The summed E-state index contributed by atoms with van der Waals surface area (Å²) in [7, 11) is 0. The van der Waals surface area contributed by atoms with Crippen molar-refractivity contribution in [3.63, 3.8) is 0 Å². The van der Waals surface area contributed by atoms with E-state index in [0.29, 0.717) is 6.54 Å². The third kappa shape index (κ3) is 2.67. The van der Waals surface area contributed by atoms with E-state index >= 15 is 0 Å². The van der Waals surface area contributed by atoms with Crippen molar-refractivity contribution < 1.29 is 0 Å². The molecule has 4 heteroatoms. The van der Waals surface area contributed by atoms with Crippen molar-refractivity contribution in [1.82, 2.24) is 9.55 Å². The molecule has 0 aliphatic carbocycles. The maximum Gasteiger partial charge on any atom is 0.113 e. The fourth-order valence-corrected chi connectivity index (χ4v) is 2.31. The van der Waals surface area contributed by atoms with Crippen LogP contribution in [0.1, 0.15) is 16.3 Å². The Labute approximate surface area is 93.6 Å². The van der Waals surface area contributed by atoms with Gasteiger partial charge in [-0.05, 0) is 31.5 Å². The minimum atomic E-state index is 0.709. The maximum absolute atomic E-state index is 5.51. The standard InChI is InChI=1S/C11H15N3S/c1-9-8-15-11(13-9)7-14-5-3-10(6-14)2-4-12/h3,5-6,8H,2,4,7,12H2,1H3. The highest BCUT2D eigenvalue weighted by Crippen LogP contribution is 2.11. The number of hydrogen-bond acceptors (Lipinski definition) is 3. The van der Waals surface area contributed by atoms with Crippen molar-refractivity contribution in [2.24, 2.45) is 5.73 Å². The third-order valence-electron chi connectivity index (χ3n) is 2.23. The molecule has 0 atom stereocenters. The van der Waals surface area contributed by atoms with Crippen LogP contribution in [0.5, 0.6) is 0 Å². The predicted octanol–water partition coefficient (Wildman–Crippen LogP) is 1.80. The van der Waals surface area contributed by atoms with E-state index in [2.05, 4.69) is 33.4 Å². The lowest BCUT2D eigenvalue weighted by atomic mass is 10.2. The van der Waals surface area contributed by atoms with Gasteiger partial charge in [0.1, 0.15) is 5.01 Å². The van der Waals surface area contributed by atoms with E-state index in [1.165, 1.54) is 5.56 Å². The Morgan fingerprint density at radius 2 is 2.40 bits per heavy atom. The largest absolute Gasteiger partial charge is 0.347 e. The summed E-state index contributed by atoms with van der Waals surface area (Å²) in [5, 5.41) is 3.24. The molecule has 0 bridgehead atoms. The van der Waals surface area contributed by atoms with Gasteiger partial charge >= 0.3 is 0 Å². The van der Waals surface area contributed by atoms with E-state index in [0.717, 1.165) is 23.7 Å². The van der Waals surface area contributed by atoms with Crippen LogP contribution >= 0.6 is 11.3 Å². The van der Waals surface area contributed by atoms with Crippen molar-refractivity contribution in [3.05, 3.63) is 40.1 Å². The molecule has 0 fully saturated rings. The molecule has 0 saturated heterocycles. The van der Waals surface area contributed by atoms with E-state index in [1.807, 2.05) is 6.92 Å². The lowest BCUT2D eigenvalue weighted by Crippen LogP contribution is -2.02. The van der Waals surface area contributed by atoms with Gasteiger partial charge in [0.05, 0.1) is 6.54 Å². The summed E-state index contributed by atoms with van der Waals surface area (Å²) in [6.07, 6.45) is 5.18. The van der Waals surface area contributed by atoms with E-state index in [-0.39, 0.29) is 0 Å². The average molecular weight is 221 g/mol. The number of aromatic nitrogens is 2. The highest BCUT2D eigenvalue weighted by atomic mass is 32.1. The van der Waals surface area contributed by atoms with Crippen molar-refractivity contribution in [1.29, 1.82) is 0 Å². The molecular weight excluding hydrogens is 206 g/mol. The molecule has 0 unspecified atom stereocenters. The normalized spacial score (nSPS) is 10.8. The van der Waals surface area contributed by atoms with E-state index < -0.39 is 0 Å². The first kappa shape index (κ1) is 10.4. The van der Waals surface area contributed by atoms with Crippen LogP contribution < -0.4 is 5.73 Å². The van der Waals surface area contributed by atoms with E-state index in [1.54, 1.807) is 11.3 Å². The second-order valence-electron chi connectivity index (χ2n) is 3.61. The number of thiazole rings is 1. The number of hydrogen-bond donors (Lipinski definition) is 1. The van der Waals surface area contributed by atoms with Crippen LogP contribution in [0.25, 0.3) is 0 Å². The summed E-state index contributed by atoms with van der Waals surface area (Å²) in [5.74, 6) is 0. The summed E-state index contributed by atoms with van der Waals surface area (Å²) in [6.45, 7) is 3.60. The van der Waals surface area contributed by atoms with Crippen LogP contribution in [0.4, 0.5) is 0 Å². The van der Waals surface area contributed by atoms with Gasteiger partial charge in [-0.1, -0.05) is 0 Å². The topological polar surface area (TPSA) is 43.8 Å². The summed E-state index contributed by atoms with van der Waals surface area (Å²) < 4.78 is 2.16. The molecule has 0 aromatic carbocycles. The lowest BCUT2D eigenvalue weighted by Gasteiger charge is -1.98. The first-order chi connectivity index (χ1) is 7.28. The molecule has 0 aliphatic heterocycles. The molecule has 15 heavy (non-hydrogen) atoms.